The second-order valence-electron chi connectivity index (χ2n) is 6.85. The molecule has 1 aromatic rings. The topological polar surface area (TPSA) is 79.7 Å². The van der Waals surface area contributed by atoms with Crippen molar-refractivity contribution in [3.8, 4) is 0 Å². The molecule has 2 aliphatic rings. The van der Waals surface area contributed by atoms with Crippen molar-refractivity contribution in [3.63, 3.8) is 0 Å². The van der Waals surface area contributed by atoms with E-state index in [4.69, 9.17) is 21.7 Å². The number of nitrogens with one attached hydrogen (secondary N) is 1. The average Bonchev–Trinajstić information content (AvgIpc) is 2.52. The molecule has 2 fully saturated rings. The van der Waals surface area contributed by atoms with Gasteiger partial charge in [-0.3, -0.25) is 5.32 Å². The van der Waals surface area contributed by atoms with Crippen LogP contribution >= 0.6 is 11.6 Å². The fourth-order valence-electron chi connectivity index (χ4n) is 3.55. The number of hydrogen-bond acceptors (Lipinski definition) is 4. The van der Waals surface area contributed by atoms with Crippen molar-refractivity contribution >= 4 is 29.1 Å². The largest absolute Gasteiger partial charge is 0.464 e. The highest BCUT2D eigenvalue weighted by molar-refractivity contribution is 6.35. The third kappa shape index (κ3) is 3.62. The minimum atomic E-state index is -0.489. The van der Waals surface area contributed by atoms with Gasteiger partial charge in [0.1, 0.15) is 0 Å². The lowest BCUT2D eigenvalue weighted by Gasteiger charge is -2.27. The van der Waals surface area contributed by atoms with Gasteiger partial charge in [-0.15, -0.1) is 0 Å². The number of quaternary nitrogens is 1. The number of pyridine rings is 1. The molecular formula is C18H25ClN3O2+. The van der Waals surface area contributed by atoms with Gasteiger partial charge in [-0.05, 0) is 44.6 Å². The minimum Gasteiger partial charge on any atom is -0.464 e. The van der Waals surface area contributed by atoms with E-state index in [9.17, 15) is 4.79 Å². The Morgan fingerprint density at radius 3 is 2.54 bits per heavy atom. The van der Waals surface area contributed by atoms with Crippen molar-refractivity contribution in [2.45, 2.75) is 57.4 Å². The van der Waals surface area contributed by atoms with Crippen LogP contribution in [0.5, 0.6) is 0 Å². The summed E-state index contributed by atoms with van der Waals surface area (Å²) in [7, 11) is 1.34. The lowest BCUT2D eigenvalue weighted by Crippen LogP contribution is -2.85. The Balaban J connectivity index is 1.94. The Labute approximate surface area is 147 Å². The van der Waals surface area contributed by atoms with Crippen LogP contribution in [0.1, 0.15) is 67.4 Å². The van der Waals surface area contributed by atoms with Crippen molar-refractivity contribution in [2.75, 3.05) is 7.11 Å². The average molecular weight is 351 g/mol. The van der Waals surface area contributed by atoms with E-state index in [2.05, 4.69) is 10.3 Å². The number of carbonyl (C=O) groups is 1. The van der Waals surface area contributed by atoms with Gasteiger partial charge in [0.05, 0.1) is 29.4 Å². The molecule has 24 heavy (non-hydrogen) atoms. The van der Waals surface area contributed by atoms with Gasteiger partial charge in [-0.25, -0.2) is 4.79 Å². The highest BCUT2D eigenvalue weighted by Gasteiger charge is 2.31. The Kier molecular flexibility index (Phi) is 5.51. The minimum absolute atomic E-state index is 0.217. The SMILES string of the molecule is COC(=O)c1cc(Cl)c(C(=N)C2CCC2)c([NH2+]C2CCCCC2)n1. The maximum Gasteiger partial charge on any atom is 0.356 e. The summed E-state index contributed by atoms with van der Waals surface area (Å²) >= 11 is 6.46. The molecule has 0 bridgehead atoms. The Hall–Kier alpha value is -1.46. The third-order valence-corrected chi connectivity index (χ3v) is 5.52. The van der Waals surface area contributed by atoms with Gasteiger partial charge >= 0.3 is 5.97 Å². The molecule has 0 atom stereocenters. The number of hydrogen-bond donors (Lipinski definition) is 2. The molecule has 5 nitrogen and oxygen atoms in total. The highest BCUT2D eigenvalue weighted by Crippen LogP contribution is 2.34. The van der Waals surface area contributed by atoms with E-state index in [1.54, 1.807) is 0 Å². The molecule has 0 saturated heterocycles. The fourth-order valence-corrected chi connectivity index (χ4v) is 3.86. The zero-order valence-electron chi connectivity index (χ0n) is 14.1. The summed E-state index contributed by atoms with van der Waals surface area (Å²) in [6.07, 6.45) is 9.25. The number of methoxy groups -OCH3 is 1. The van der Waals surface area contributed by atoms with Gasteiger partial charge in [0.25, 0.3) is 0 Å². The van der Waals surface area contributed by atoms with Crippen molar-refractivity contribution in [1.29, 1.82) is 5.41 Å². The maximum atomic E-state index is 11.9. The molecule has 6 heteroatoms. The van der Waals surface area contributed by atoms with Crippen LogP contribution in [0.25, 0.3) is 0 Å². The number of halogens is 1. The molecule has 3 rings (SSSR count). The summed E-state index contributed by atoms with van der Waals surface area (Å²) in [5.41, 5.74) is 1.49. The number of rotatable bonds is 5. The molecule has 130 valence electrons. The first-order valence-corrected chi connectivity index (χ1v) is 9.20. The summed E-state index contributed by atoms with van der Waals surface area (Å²) in [5, 5.41) is 11.1. The van der Waals surface area contributed by atoms with Crippen LogP contribution in [0.15, 0.2) is 6.07 Å². The molecule has 0 unspecified atom stereocenters. The van der Waals surface area contributed by atoms with Gasteiger partial charge in [0, 0.05) is 5.92 Å². The normalized spacial score (nSPS) is 18.9. The fraction of sp³-hybridized carbons (Fsp3) is 0.611. The lowest BCUT2D eigenvalue weighted by molar-refractivity contribution is -0.617. The van der Waals surface area contributed by atoms with E-state index in [1.165, 1.54) is 38.9 Å². The number of esters is 1. The second kappa shape index (κ2) is 7.62. The van der Waals surface area contributed by atoms with Crippen LogP contribution in [0.4, 0.5) is 5.82 Å². The van der Waals surface area contributed by atoms with Crippen LogP contribution in [0.3, 0.4) is 0 Å². The first-order chi connectivity index (χ1) is 11.6. The molecule has 1 aromatic heterocycles. The zero-order valence-corrected chi connectivity index (χ0v) is 14.9. The van der Waals surface area contributed by atoms with Gasteiger partial charge in [-0.2, -0.15) is 4.98 Å². The first-order valence-electron chi connectivity index (χ1n) is 8.82. The Morgan fingerprint density at radius 1 is 1.25 bits per heavy atom. The molecule has 0 aromatic carbocycles. The van der Waals surface area contributed by atoms with Crippen molar-refractivity contribution in [1.82, 2.24) is 4.98 Å². The number of carbonyl (C=O) groups excluding carboxylic acids is 1. The number of nitrogens with two attached hydrogens (primary N) is 1. The van der Waals surface area contributed by atoms with Crippen LogP contribution in [0, 0.1) is 11.3 Å². The predicted molar refractivity (Wildman–Crippen MR) is 93.2 cm³/mol. The molecule has 0 amide bonds. The Bertz CT molecular complexity index is 637. The first kappa shape index (κ1) is 17.4. The zero-order chi connectivity index (χ0) is 17.1. The summed E-state index contributed by atoms with van der Waals surface area (Å²) in [6, 6.07) is 1.98. The van der Waals surface area contributed by atoms with E-state index in [0.29, 0.717) is 28.2 Å². The van der Waals surface area contributed by atoms with Crippen LogP contribution in [0.2, 0.25) is 5.02 Å². The van der Waals surface area contributed by atoms with E-state index >= 15 is 0 Å². The van der Waals surface area contributed by atoms with E-state index in [-0.39, 0.29) is 11.6 Å². The molecule has 0 spiro atoms. The predicted octanol–water partition coefficient (Wildman–Crippen LogP) is 3.22. The van der Waals surface area contributed by atoms with Crippen molar-refractivity contribution in [2.24, 2.45) is 5.92 Å². The third-order valence-electron chi connectivity index (χ3n) is 5.22. The smallest absolute Gasteiger partial charge is 0.356 e. The van der Waals surface area contributed by atoms with Gasteiger partial charge < -0.3 is 10.1 Å². The summed E-state index contributed by atoms with van der Waals surface area (Å²) in [5.74, 6) is 0.468. The number of nitrogens with zero attached hydrogens (tertiary/aromatic N) is 1. The molecule has 3 N–H and O–H groups in total. The summed E-state index contributed by atoms with van der Waals surface area (Å²) in [6.45, 7) is 0. The van der Waals surface area contributed by atoms with Crippen LogP contribution < -0.4 is 5.32 Å². The van der Waals surface area contributed by atoms with Gasteiger partial charge in [0.2, 0.25) is 5.82 Å². The van der Waals surface area contributed by atoms with Crippen molar-refractivity contribution in [3.05, 3.63) is 22.3 Å². The summed E-state index contributed by atoms with van der Waals surface area (Å²) in [4.78, 5) is 16.4. The number of ether oxygens (including phenoxy) is 1. The second-order valence-corrected chi connectivity index (χ2v) is 7.25. The van der Waals surface area contributed by atoms with Crippen LogP contribution in [-0.2, 0) is 4.74 Å². The summed E-state index contributed by atoms with van der Waals surface area (Å²) < 4.78 is 4.79. The molecular weight excluding hydrogens is 326 g/mol. The van der Waals surface area contributed by atoms with Crippen molar-refractivity contribution < 1.29 is 14.8 Å². The molecule has 2 aliphatic carbocycles. The molecule has 0 radical (unpaired) electrons. The Morgan fingerprint density at radius 2 is 1.96 bits per heavy atom. The van der Waals surface area contributed by atoms with Gasteiger partial charge in [0.15, 0.2) is 5.69 Å². The number of aromatic nitrogens is 1. The molecule has 0 aliphatic heterocycles. The molecule has 2 saturated carbocycles. The van der Waals surface area contributed by atoms with Gasteiger partial charge in [-0.1, -0.05) is 24.4 Å². The quantitative estimate of drug-likeness (QED) is 0.632. The maximum absolute atomic E-state index is 11.9. The van der Waals surface area contributed by atoms with E-state index in [1.807, 2.05) is 0 Å². The monoisotopic (exact) mass is 350 g/mol. The highest BCUT2D eigenvalue weighted by atomic mass is 35.5. The van der Waals surface area contributed by atoms with E-state index < -0.39 is 5.97 Å². The molecule has 1 heterocycles. The van der Waals surface area contributed by atoms with E-state index in [0.717, 1.165) is 25.7 Å². The van der Waals surface area contributed by atoms with Crippen LogP contribution in [-0.4, -0.2) is 29.8 Å². The standard InChI is InChI=1S/C18H24ClN3O2/c1-24-18(23)14-10-13(19)15(16(20)11-6-5-7-11)17(22-14)21-12-8-3-2-4-9-12/h10-12,20H,2-9H2,1H3,(H,21,22)/p+1. The lowest BCUT2D eigenvalue weighted by atomic mass is 9.79.